The fraction of sp³-hybridized carbons (Fsp3) is 0.636. The molecule has 1 fully saturated rings. The van der Waals surface area contributed by atoms with E-state index in [2.05, 4.69) is 39.2 Å². The summed E-state index contributed by atoms with van der Waals surface area (Å²) < 4.78 is 1.17. The maximum absolute atomic E-state index is 9.63. The average molecular weight is 290 g/mol. The summed E-state index contributed by atoms with van der Waals surface area (Å²) in [6.07, 6.45) is 0.810. The van der Waals surface area contributed by atoms with Gasteiger partial charge in [-0.1, -0.05) is 6.92 Å². The summed E-state index contributed by atoms with van der Waals surface area (Å²) in [6.45, 7) is 5.17. The third kappa shape index (κ3) is 3.03. The Morgan fingerprint density at radius 2 is 2.47 bits per heavy atom. The zero-order chi connectivity index (χ0) is 10.8. The van der Waals surface area contributed by atoms with E-state index in [1.807, 2.05) is 0 Å². The Balaban J connectivity index is 1.90. The highest BCUT2D eigenvalue weighted by molar-refractivity contribution is 9.10. The van der Waals surface area contributed by atoms with Gasteiger partial charge in [-0.05, 0) is 34.3 Å². The monoisotopic (exact) mass is 289 g/mol. The van der Waals surface area contributed by atoms with Crippen molar-refractivity contribution in [2.24, 2.45) is 5.92 Å². The molecule has 4 heteroatoms. The van der Waals surface area contributed by atoms with Gasteiger partial charge in [0.25, 0.3) is 0 Å². The molecule has 2 unspecified atom stereocenters. The molecule has 0 aliphatic carbocycles. The van der Waals surface area contributed by atoms with Crippen molar-refractivity contribution < 1.29 is 5.11 Å². The molecule has 1 aliphatic heterocycles. The van der Waals surface area contributed by atoms with Gasteiger partial charge in [-0.15, -0.1) is 11.3 Å². The number of thiophene rings is 1. The van der Waals surface area contributed by atoms with Gasteiger partial charge in [0.15, 0.2) is 0 Å². The molecule has 0 spiro atoms. The van der Waals surface area contributed by atoms with E-state index < -0.39 is 0 Å². The fourth-order valence-electron chi connectivity index (χ4n) is 2.02. The quantitative estimate of drug-likeness (QED) is 0.905. The fourth-order valence-corrected chi connectivity index (χ4v) is 3.51. The summed E-state index contributed by atoms with van der Waals surface area (Å²) in [5.41, 5.74) is 0. The Kier molecular flexibility index (Phi) is 3.83. The number of hydrogen-bond donors (Lipinski definition) is 1. The zero-order valence-electron chi connectivity index (χ0n) is 8.82. The molecule has 0 saturated carbocycles. The predicted molar refractivity (Wildman–Crippen MR) is 67.1 cm³/mol. The van der Waals surface area contributed by atoms with Crippen LogP contribution in [0.5, 0.6) is 0 Å². The van der Waals surface area contributed by atoms with Gasteiger partial charge in [0, 0.05) is 34.4 Å². The summed E-state index contributed by atoms with van der Waals surface area (Å²) in [6, 6.07) is 2.18. The maximum Gasteiger partial charge on any atom is 0.0590 e. The molecule has 0 radical (unpaired) electrons. The van der Waals surface area contributed by atoms with Crippen LogP contribution in [-0.2, 0) is 6.54 Å². The summed E-state index contributed by atoms with van der Waals surface area (Å²) >= 11 is 5.26. The number of piperidine rings is 1. The molecule has 2 nitrogen and oxygen atoms in total. The van der Waals surface area contributed by atoms with Crippen LogP contribution in [0.25, 0.3) is 0 Å². The molecule has 1 aromatic heterocycles. The van der Waals surface area contributed by atoms with Crippen LogP contribution in [-0.4, -0.2) is 29.2 Å². The molecule has 1 aromatic rings. The highest BCUT2D eigenvalue weighted by Gasteiger charge is 2.24. The van der Waals surface area contributed by atoms with Crippen molar-refractivity contribution in [3.63, 3.8) is 0 Å². The lowest BCUT2D eigenvalue weighted by Crippen LogP contribution is -2.41. The van der Waals surface area contributed by atoms with Crippen molar-refractivity contribution in [1.82, 2.24) is 4.90 Å². The molecule has 1 aliphatic rings. The second-order valence-electron chi connectivity index (χ2n) is 4.30. The van der Waals surface area contributed by atoms with Crippen LogP contribution < -0.4 is 0 Å². The summed E-state index contributed by atoms with van der Waals surface area (Å²) in [7, 11) is 0. The number of rotatable bonds is 2. The van der Waals surface area contributed by atoms with Crippen molar-refractivity contribution in [1.29, 1.82) is 0 Å². The molecule has 2 atom stereocenters. The molecule has 2 heterocycles. The number of hydrogen-bond acceptors (Lipinski definition) is 3. The first-order chi connectivity index (χ1) is 7.15. The van der Waals surface area contributed by atoms with Crippen LogP contribution in [0.4, 0.5) is 0 Å². The van der Waals surface area contributed by atoms with E-state index in [1.54, 1.807) is 11.3 Å². The molecular formula is C11H16BrNOS. The van der Waals surface area contributed by atoms with Crippen molar-refractivity contribution in [2.75, 3.05) is 13.1 Å². The topological polar surface area (TPSA) is 23.5 Å². The number of aliphatic hydroxyl groups is 1. The molecule has 0 bridgehead atoms. The molecular weight excluding hydrogens is 274 g/mol. The van der Waals surface area contributed by atoms with Gasteiger partial charge in [0.1, 0.15) is 0 Å². The Hall–Kier alpha value is 0.1000. The van der Waals surface area contributed by atoms with Gasteiger partial charge in [-0.2, -0.15) is 0 Å². The molecule has 84 valence electrons. The van der Waals surface area contributed by atoms with Crippen molar-refractivity contribution >= 4 is 27.3 Å². The third-order valence-corrected chi connectivity index (χ3v) is 4.63. The molecule has 1 N–H and O–H groups in total. The van der Waals surface area contributed by atoms with Gasteiger partial charge in [0.2, 0.25) is 0 Å². The number of nitrogens with zero attached hydrogens (tertiary/aromatic N) is 1. The van der Waals surface area contributed by atoms with E-state index in [4.69, 9.17) is 0 Å². The average Bonchev–Trinajstić information content (AvgIpc) is 2.58. The van der Waals surface area contributed by atoms with Gasteiger partial charge in [-0.25, -0.2) is 0 Å². The van der Waals surface area contributed by atoms with E-state index in [-0.39, 0.29) is 6.10 Å². The van der Waals surface area contributed by atoms with Crippen molar-refractivity contribution in [3.8, 4) is 0 Å². The largest absolute Gasteiger partial charge is 0.393 e. The second-order valence-corrected chi connectivity index (χ2v) is 6.21. The lowest BCUT2D eigenvalue weighted by molar-refractivity contribution is 0.0324. The lowest BCUT2D eigenvalue weighted by atomic mass is 9.97. The summed E-state index contributed by atoms with van der Waals surface area (Å²) in [4.78, 5) is 3.82. The molecule has 15 heavy (non-hydrogen) atoms. The van der Waals surface area contributed by atoms with Crippen LogP contribution in [0.2, 0.25) is 0 Å². The van der Waals surface area contributed by atoms with E-state index in [1.165, 1.54) is 9.35 Å². The highest BCUT2D eigenvalue weighted by Crippen LogP contribution is 2.24. The number of likely N-dealkylation sites (tertiary alicyclic amines) is 1. The predicted octanol–water partition coefficient (Wildman–Crippen LogP) is 2.71. The molecule has 0 aromatic carbocycles. The molecule has 0 amide bonds. The maximum atomic E-state index is 9.63. The van der Waals surface area contributed by atoms with Gasteiger partial charge in [0.05, 0.1) is 6.10 Å². The van der Waals surface area contributed by atoms with Gasteiger partial charge < -0.3 is 5.11 Å². The minimum absolute atomic E-state index is 0.101. The van der Waals surface area contributed by atoms with Gasteiger partial charge >= 0.3 is 0 Å². The normalized spacial score (nSPS) is 28.2. The smallest absolute Gasteiger partial charge is 0.0590 e. The third-order valence-electron chi connectivity index (χ3n) is 2.95. The first-order valence-corrected chi connectivity index (χ1v) is 6.96. The van der Waals surface area contributed by atoms with Crippen LogP contribution in [0.1, 0.15) is 18.2 Å². The Morgan fingerprint density at radius 3 is 3.07 bits per heavy atom. The SMILES string of the molecule is CC1CN(Cc2cc(Br)cs2)CCC1O. The van der Waals surface area contributed by atoms with E-state index in [9.17, 15) is 5.11 Å². The van der Waals surface area contributed by atoms with E-state index in [0.717, 1.165) is 26.1 Å². The van der Waals surface area contributed by atoms with Crippen molar-refractivity contribution in [3.05, 3.63) is 20.8 Å². The number of halogens is 1. The van der Waals surface area contributed by atoms with Gasteiger partial charge in [-0.3, -0.25) is 4.90 Å². The van der Waals surface area contributed by atoms with E-state index in [0.29, 0.717) is 5.92 Å². The summed E-state index contributed by atoms with van der Waals surface area (Å²) in [5.74, 6) is 0.405. The van der Waals surface area contributed by atoms with Crippen molar-refractivity contribution in [2.45, 2.75) is 26.0 Å². The van der Waals surface area contributed by atoms with Crippen LogP contribution in [0.3, 0.4) is 0 Å². The minimum atomic E-state index is -0.101. The van der Waals surface area contributed by atoms with Crippen LogP contribution in [0.15, 0.2) is 15.9 Å². The first kappa shape index (κ1) is 11.6. The highest BCUT2D eigenvalue weighted by atomic mass is 79.9. The zero-order valence-corrected chi connectivity index (χ0v) is 11.2. The molecule has 1 saturated heterocycles. The Bertz CT molecular complexity index is 328. The summed E-state index contributed by atoms with van der Waals surface area (Å²) in [5, 5.41) is 11.8. The Labute approximate surface area is 103 Å². The molecule has 2 rings (SSSR count). The van der Waals surface area contributed by atoms with Crippen LogP contribution in [0, 0.1) is 5.92 Å². The standard InChI is InChI=1S/C11H16BrNOS/c1-8-5-13(3-2-11(8)14)6-10-4-9(12)7-15-10/h4,7-8,11,14H,2-3,5-6H2,1H3. The van der Waals surface area contributed by atoms with E-state index >= 15 is 0 Å². The minimum Gasteiger partial charge on any atom is -0.393 e. The lowest BCUT2D eigenvalue weighted by Gasteiger charge is -2.33. The second kappa shape index (κ2) is 4.95. The first-order valence-electron chi connectivity index (χ1n) is 5.28. The Morgan fingerprint density at radius 1 is 1.67 bits per heavy atom. The number of aliphatic hydroxyl groups excluding tert-OH is 1. The van der Waals surface area contributed by atoms with Crippen LogP contribution >= 0.6 is 27.3 Å².